The first-order valence-corrected chi connectivity index (χ1v) is 7.00. The van der Waals surface area contributed by atoms with Crippen LogP contribution in [0.4, 0.5) is 4.39 Å². The third-order valence-corrected chi connectivity index (χ3v) is 3.82. The van der Waals surface area contributed by atoms with Gasteiger partial charge in [-0.15, -0.1) is 0 Å². The fraction of sp³-hybridized carbons (Fsp3) is 0.571. The van der Waals surface area contributed by atoms with E-state index in [9.17, 15) is 4.39 Å². The van der Waals surface area contributed by atoms with Crippen molar-refractivity contribution in [3.63, 3.8) is 0 Å². The van der Waals surface area contributed by atoms with Crippen molar-refractivity contribution in [2.75, 3.05) is 6.54 Å². The fourth-order valence-corrected chi connectivity index (χ4v) is 2.21. The summed E-state index contributed by atoms with van der Waals surface area (Å²) in [4.78, 5) is 0. The molecule has 17 heavy (non-hydrogen) atoms. The summed E-state index contributed by atoms with van der Waals surface area (Å²) in [6.45, 7) is 7.45. The van der Waals surface area contributed by atoms with Crippen molar-refractivity contribution in [1.82, 2.24) is 5.32 Å². The lowest BCUT2D eigenvalue weighted by Gasteiger charge is -2.18. The van der Waals surface area contributed by atoms with E-state index in [2.05, 4.69) is 42.0 Å². The molecule has 1 rings (SSSR count). The summed E-state index contributed by atoms with van der Waals surface area (Å²) in [6.07, 6.45) is 2.01. The fourth-order valence-electron chi connectivity index (χ4n) is 1.78. The second-order valence-electron chi connectivity index (χ2n) is 4.75. The SMILES string of the molecule is CCC(CNC(C)C)Cc1cccc(F)c1Br. The monoisotopic (exact) mass is 301 g/mol. The predicted octanol–water partition coefficient (Wildman–Crippen LogP) is 4.15. The Labute approximate surface area is 112 Å². The Bertz CT molecular complexity index is 352. The number of nitrogens with one attached hydrogen (secondary N) is 1. The van der Waals surface area contributed by atoms with Crippen LogP contribution < -0.4 is 5.32 Å². The Kier molecular flexibility index (Phi) is 6.14. The molecular weight excluding hydrogens is 281 g/mol. The van der Waals surface area contributed by atoms with Gasteiger partial charge in [-0.25, -0.2) is 4.39 Å². The van der Waals surface area contributed by atoms with Gasteiger partial charge in [-0.05, 0) is 46.4 Å². The normalized spacial score (nSPS) is 13.1. The number of rotatable bonds is 6. The molecule has 0 saturated carbocycles. The van der Waals surface area contributed by atoms with Gasteiger partial charge in [0.05, 0.1) is 4.47 Å². The van der Waals surface area contributed by atoms with E-state index in [4.69, 9.17) is 0 Å². The van der Waals surface area contributed by atoms with Gasteiger partial charge in [-0.2, -0.15) is 0 Å². The van der Waals surface area contributed by atoms with Crippen LogP contribution in [0, 0.1) is 11.7 Å². The van der Waals surface area contributed by atoms with Crippen LogP contribution in [-0.4, -0.2) is 12.6 Å². The second kappa shape index (κ2) is 7.12. The summed E-state index contributed by atoms with van der Waals surface area (Å²) in [5.41, 5.74) is 1.06. The van der Waals surface area contributed by atoms with E-state index in [0.29, 0.717) is 16.4 Å². The van der Waals surface area contributed by atoms with Crippen LogP contribution in [-0.2, 0) is 6.42 Å². The molecular formula is C14H21BrFN. The lowest BCUT2D eigenvalue weighted by molar-refractivity contribution is 0.434. The van der Waals surface area contributed by atoms with Gasteiger partial charge >= 0.3 is 0 Å². The maximum absolute atomic E-state index is 13.4. The first kappa shape index (κ1) is 14.7. The molecule has 0 saturated heterocycles. The minimum atomic E-state index is -0.172. The summed E-state index contributed by atoms with van der Waals surface area (Å²) < 4.78 is 14.0. The van der Waals surface area contributed by atoms with E-state index in [0.717, 1.165) is 24.9 Å². The van der Waals surface area contributed by atoms with Crippen LogP contribution in [0.2, 0.25) is 0 Å². The smallest absolute Gasteiger partial charge is 0.137 e. The number of benzene rings is 1. The average Bonchev–Trinajstić information content (AvgIpc) is 2.29. The predicted molar refractivity (Wildman–Crippen MR) is 74.7 cm³/mol. The minimum absolute atomic E-state index is 0.172. The minimum Gasteiger partial charge on any atom is -0.314 e. The van der Waals surface area contributed by atoms with Gasteiger partial charge < -0.3 is 5.32 Å². The first-order chi connectivity index (χ1) is 8.04. The standard InChI is InChI=1S/C14H21BrFN/c1-4-11(9-17-10(2)3)8-12-6-5-7-13(16)14(12)15/h5-7,10-11,17H,4,8-9H2,1-3H3. The van der Waals surface area contributed by atoms with Crippen LogP contribution in [0.3, 0.4) is 0 Å². The van der Waals surface area contributed by atoms with Crippen LogP contribution in [0.15, 0.2) is 22.7 Å². The van der Waals surface area contributed by atoms with E-state index in [-0.39, 0.29) is 5.82 Å². The molecule has 0 aromatic heterocycles. The molecule has 0 spiro atoms. The molecule has 0 bridgehead atoms. The molecule has 3 heteroatoms. The zero-order valence-electron chi connectivity index (χ0n) is 10.8. The van der Waals surface area contributed by atoms with Crippen LogP contribution >= 0.6 is 15.9 Å². The third kappa shape index (κ3) is 4.76. The van der Waals surface area contributed by atoms with Crippen LogP contribution in [0.5, 0.6) is 0 Å². The molecule has 0 heterocycles. The Hall–Kier alpha value is -0.410. The van der Waals surface area contributed by atoms with Gasteiger partial charge in [-0.1, -0.05) is 39.3 Å². The summed E-state index contributed by atoms with van der Waals surface area (Å²) >= 11 is 3.32. The second-order valence-corrected chi connectivity index (χ2v) is 5.55. The van der Waals surface area contributed by atoms with E-state index < -0.39 is 0 Å². The Morgan fingerprint density at radius 2 is 2.06 bits per heavy atom. The molecule has 1 N–H and O–H groups in total. The highest BCUT2D eigenvalue weighted by Crippen LogP contribution is 2.23. The van der Waals surface area contributed by atoms with Crippen molar-refractivity contribution in [1.29, 1.82) is 0 Å². The molecule has 0 radical (unpaired) electrons. The maximum atomic E-state index is 13.4. The van der Waals surface area contributed by atoms with Crippen LogP contribution in [0.25, 0.3) is 0 Å². The van der Waals surface area contributed by atoms with Crippen molar-refractivity contribution >= 4 is 15.9 Å². The van der Waals surface area contributed by atoms with Gasteiger partial charge in [0, 0.05) is 6.04 Å². The highest BCUT2D eigenvalue weighted by atomic mass is 79.9. The van der Waals surface area contributed by atoms with Gasteiger partial charge in [-0.3, -0.25) is 0 Å². The van der Waals surface area contributed by atoms with Crippen molar-refractivity contribution in [2.45, 2.75) is 39.7 Å². The van der Waals surface area contributed by atoms with Gasteiger partial charge in [0.1, 0.15) is 5.82 Å². The van der Waals surface area contributed by atoms with Crippen molar-refractivity contribution < 1.29 is 4.39 Å². The molecule has 0 aliphatic heterocycles. The van der Waals surface area contributed by atoms with Gasteiger partial charge in [0.2, 0.25) is 0 Å². The average molecular weight is 302 g/mol. The zero-order chi connectivity index (χ0) is 12.8. The molecule has 0 aliphatic rings. The topological polar surface area (TPSA) is 12.0 Å². The summed E-state index contributed by atoms with van der Waals surface area (Å²) in [5.74, 6) is 0.379. The highest BCUT2D eigenvalue weighted by Gasteiger charge is 2.12. The molecule has 1 aromatic rings. The molecule has 1 atom stereocenters. The zero-order valence-corrected chi connectivity index (χ0v) is 12.3. The molecule has 0 aliphatic carbocycles. The summed E-state index contributed by atoms with van der Waals surface area (Å²) in [6, 6.07) is 5.75. The van der Waals surface area contributed by atoms with Crippen molar-refractivity contribution in [2.24, 2.45) is 5.92 Å². The Morgan fingerprint density at radius 3 is 2.65 bits per heavy atom. The van der Waals surface area contributed by atoms with Crippen molar-refractivity contribution in [3.8, 4) is 0 Å². The molecule has 0 amide bonds. The number of hydrogen-bond donors (Lipinski definition) is 1. The number of hydrogen-bond acceptors (Lipinski definition) is 1. The molecule has 0 fully saturated rings. The Morgan fingerprint density at radius 1 is 1.35 bits per heavy atom. The molecule has 1 unspecified atom stereocenters. The van der Waals surface area contributed by atoms with Gasteiger partial charge in [0.25, 0.3) is 0 Å². The summed E-state index contributed by atoms with van der Waals surface area (Å²) in [7, 11) is 0. The lowest BCUT2D eigenvalue weighted by Crippen LogP contribution is -2.29. The third-order valence-electron chi connectivity index (χ3n) is 2.93. The number of halogens is 2. The van der Waals surface area contributed by atoms with E-state index >= 15 is 0 Å². The maximum Gasteiger partial charge on any atom is 0.137 e. The van der Waals surface area contributed by atoms with Gasteiger partial charge in [0.15, 0.2) is 0 Å². The molecule has 1 nitrogen and oxygen atoms in total. The lowest BCUT2D eigenvalue weighted by atomic mass is 9.96. The highest BCUT2D eigenvalue weighted by molar-refractivity contribution is 9.10. The van der Waals surface area contributed by atoms with E-state index in [1.165, 1.54) is 6.07 Å². The van der Waals surface area contributed by atoms with Crippen LogP contribution in [0.1, 0.15) is 32.8 Å². The van der Waals surface area contributed by atoms with E-state index in [1.807, 2.05) is 6.07 Å². The van der Waals surface area contributed by atoms with Crippen molar-refractivity contribution in [3.05, 3.63) is 34.1 Å². The van der Waals surface area contributed by atoms with E-state index in [1.54, 1.807) is 6.07 Å². The molecule has 1 aromatic carbocycles. The quantitative estimate of drug-likeness (QED) is 0.832. The largest absolute Gasteiger partial charge is 0.314 e. The summed E-state index contributed by atoms with van der Waals surface area (Å²) in [5, 5.41) is 3.44. The first-order valence-electron chi connectivity index (χ1n) is 6.20. The molecule has 96 valence electrons. The Balaban J connectivity index is 2.64.